The standard InChI is InChI=1S/C52H39NOS/c1-32-30-34(38-15-10-16-43-41-13-5-8-20-48(41)54-50(38)43)24-28-37(32)33-22-25-35(26-23-33)53(47-19-11-17-44-42-14-6-9-21-49(42)55-51(44)47)36-27-29-40-39-12-4-7-18-45(39)52(2,3)46(40)31-36/h4-29,31-32H,30H2,1-3H3. The second kappa shape index (κ2) is 12.2. The van der Waals surface area contributed by atoms with E-state index in [1.54, 1.807) is 0 Å². The summed E-state index contributed by atoms with van der Waals surface area (Å²) in [5, 5.41) is 4.97. The van der Waals surface area contributed by atoms with Crippen molar-refractivity contribution < 1.29 is 4.42 Å². The Kier molecular flexibility index (Phi) is 7.15. The number of benzene rings is 7. The van der Waals surface area contributed by atoms with Crippen molar-refractivity contribution in [3.8, 4) is 11.1 Å². The largest absolute Gasteiger partial charge is 0.455 e. The van der Waals surface area contributed by atoms with Crippen molar-refractivity contribution in [1.29, 1.82) is 0 Å². The van der Waals surface area contributed by atoms with Gasteiger partial charge in [-0.05, 0) is 93.8 Å². The highest BCUT2D eigenvalue weighted by Gasteiger charge is 2.36. The Morgan fingerprint density at radius 3 is 2.16 bits per heavy atom. The molecule has 2 aliphatic carbocycles. The average Bonchev–Trinajstić information content (AvgIpc) is 3.87. The molecule has 264 valence electrons. The smallest absolute Gasteiger partial charge is 0.142 e. The van der Waals surface area contributed by atoms with Crippen LogP contribution in [0, 0.1) is 5.92 Å². The Morgan fingerprint density at radius 1 is 0.600 bits per heavy atom. The van der Waals surface area contributed by atoms with Crippen LogP contribution in [0.1, 0.15) is 49.4 Å². The summed E-state index contributed by atoms with van der Waals surface area (Å²) < 4.78 is 9.04. The number of allylic oxidation sites excluding steroid dienone is 4. The molecule has 1 unspecified atom stereocenters. The third-order valence-corrected chi connectivity index (χ3v) is 13.4. The van der Waals surface area contributed by atoms with E-state index in [-0.39, 0.29) is 5.41 Å². The summed E-state index contributed by atoms with van der Waals surface area (Å²) in [5.41, 5.74) is 16.0. The van der Waals surface area contributed by atoms with Crippen LogP contribution < -0.4 is 4.90 Å². The fraction of sp³-hybridized carbons (Fsp3) is 0.115. The van der Waals surface area contributed by atoms with Crippen molar-refractivity contribution in [2.45, 2.75) is 32.6 Å². The number of anilines is 3. The molecular weight excluding hydrogens is 687 g/mol. The number of furan rings is 1. The molecule has 3 heteroatoms. The van der Waals surface area contributed by atoms with Gasteiger partial charge in [-0.1, -0.05) is 142 Å². The Bertz CT molecular complexity index is 3060. The summed E-state index contributed by atoms with van der Waals surface area (Å²) in [7, 11) is 0. The second-order valence-electron chi connectivity index (χ2n) is 15.7. The third kappa shape index (κ3) is 4.93. The highest BCUT2D eigenvalue weighted by molar-refractivity contribution is 7.26. The van der Waals surface area contributed by atoms with Gasteiger partial charge in [-0.15, -0.1) is 11.3 Å². The first kappa shape index (κ1) is 32.3. The molecule has 0 fully saturated rings. The van der Waals surface area contributed by atoms with Gasteiger partial charge in [0.05, 0.1) is 10.4 Å². The van der Waals surface area contributed by atoms with Gasteiger partial charge in [-0.2, -0.15) is 0 Å². The second-order valence-corrected chi connectivity index (χ2v) is 16.8. The average molecular weight is 726 g/mol. The van der Waals surface area contributed by atoms with E-state index in [2.05, 4.69) is 183 Å². The lowest BCUT2D eigenvalue weighted by atomic mass is 9.82. The summed E-state index contributed by atoms with van der Waals surface area (Å²) in [5.74, 6) is 0.356. The van der Waals surface area contributed by atoms with Crippen LogP contribution in [-0.2, 0) is 5.41 Å². The molecule has 2 aromatic heterocycles. The molecule has 0 saturated carbocycles. The Balaban J connectivity index is 1.01. The quantitative estimate of drug-likeness (QED) is 0.176. The summed E-state index contributed by atoms with van der Waals surface area (Å²) in [6.07, 6.45) is 5.59. The van der Waals surface area contributed by atoms with Crippen molar-refractivity contribution in [2.75, 3.05) is 4.90 Å². The highest BCUT2D eigenvalue weighted by atomic mass is 32.1. The molecule has 9 aromatic rings. The summed E-state index contributed by atoms with van der Waals surface area (Å²) >= 11 is 1.88. The number of rotatable bonds is 5. The van der Waals surface area contributed by atoms with E-state index >= 15 is 0 Å². The minimum Gasteiger partial charge on any atom is -0.455 e. The molecular formula is C52H39NOS. The lowest BCUT2D eigenvalue weighted by molar-refractivity contribution is 0.660. The van der Waals surface area contributed by atoms with Crippen molar-refractivity contribution in [3.63, 3.8) is 0 Å². The van der Waals surface area contributed by atoms with E-state index in [0.717, 1.165) is 23.3 Å². The van der Waals surface area contributed by atoms with Crippen LogP contribution in [0.25, 0.3) is 64.4 Å². The molecule has 1 atom stereocenters. The monoisotopic (exact) mass is 725 g/mol. The maximum atomic E-state index is 6.42. The van der Waals surface area contributed by atoms with Crippen LogP contribution in [0.5, 0.6) is 0 Å². The SMILES string of the molecule is CC1CC(c2cccc3c2oc2ccccc23)=CC=C1c1ccc(N(c2ccc3c(c2)C(C)(C)c2ccccc2-3)c2cccc3c2sc2ccccc23)cc1. The van der Waals surface area contributed by atoms with Gasteiger partial charge in [0.2, 0.25) is 0 Å². The number of fused-ring (bicyclic) bond motifs is 9. The zero-order chi connectivity index (χ0) is 36.8. The van der Waals surface area contributed by atoms with Crippen LogP contribution in [0.15, 0.2) is 168 Å². The van der Waals surface area contributed by atoms with Crippen molar-refractivity contribution in [2.24, 2.45) is 5.92 Å². The molecule has 2 aliphatic rings. The summed E-state index contributed by atoms with van der Waals surface area (Å²) in [6.45, 7) is 7.08. The van der Waals surface area contributed by atoms with Crippen molar-refractivity contribution in [3.05, 3.63) is 186 Å². The first-order valence-electron chi connectivity index (χ1n) is 19.3. The number of para-hydroxylation sites is 2. The molecule has 2 nitrogen and oxygen atoms in total. The zero-order valence-corrected chi connectivity index (χ0v) is 32.0. The molecule has 0 bridgehead atoms. The van der Waals surface area contributed by atoms with E-state index in [1.165, 1.54) is 86.8 Å². The lowest BCUT2D eigenvalue weighted by Crippen LogP contribution is -2.16. The predicted octanol–water partition coefficient (Wildman–Crippen LogP) is 15.2. The highest BCUT2D eigenvalue weighted by Crippen LogP contribution is 2.52. The Morgan fingerprint density at radius 2 is 1.29 bits per heavy atom. The number of nitrogens with zero attached hydrogens (tertiary/aromatic N) is 1. The fourth-order valence-electron chi connectivity index (χ4n) is 9.41. The summed E-state index contributed by atoms with van der Waals surface area (Å²) in [6, 6.07) is 55.7. The maximum Gasteiger partial charge on any atom is 0.142 e. The van der Waals surface area contributed by atoms with Crippen molar-refractivity contribution in [1.82, 2.24) is 0 Å². The molecule has 0 spiro atoms. The molecule has 0 radical (unpaired) electrons. The molecule has 0 saturated heterocycles. The number of hydrogen-bond acceptors (Lipinski definition) is 3. The molecule has 55 heavy (non-hydrogen) atoms. The van der Waals surface area contributed by atoms with Gasteiger partial charge in [0.25, 0.3) is 0 Å². The molecule has 0 N–H and O–H groups in total. The minimum absolute atomic E-state index is 0.0903. The lowest BCUT2D eigenvalue weighted by Gasteiger charge is -2.29. The fourth-order valence-corrected chi connectivity index (χ4v) is 10.6. The van der Waals surface area contributed by atoms with Crippen LogP contribution in [0.2, 0.25) is 0 Å². The summed E-state index contributed by atoms with van der Waals surface area (Å²) in [4.78, 5) is 2.48. The maximum absolute atomic E-state index is 6.42. The molecule has 0 aliphatic heterocycles. The van der Waals surface area contributed by atoms with Gasteiger partial charge in [0, 0.05) is 48.6 Å². The number of thiophene rings is 1. The van der Waals surface area contributed by atoms with Gasteiger partial charge >= 0.3 is 0 Å². The Labute approximate surface area is 325 Å². The van der Waals surface area contributed by atoms with Gasteiger partial charge < -0.3 is 9.32 Å². The van der Waals surface area contributed by atoms with Gasteiger partial charge in [0.15, 0.2) is 0 Å². The normalized spacial score (nSPS) is 16.0. The third-order valence-electron chi connectivity index (χ3n) is 12.2. The van der Waals surface area contributed by atoms with Crippen LogP contribution in [-0.4, -0.2) is 0 Å². The van der Waals surface area contributed by atoms with Gasteiger partial charge in [-0.3, -0.25) is 0 Å². The zero-order valence-electron chi connectivity index (χ0n) is 31.1. The van der Waals surface area contributed by atoms with E-state index in [0.29, 0.717) is 5.92 Å². The molecule has 11 rings (SSSR count). The van der Waals surface area contributed by atoms with Crippen LogP contribution in [0.4, 0.5) is 17.1 Å². The van der Waals surface area contributed by atoms with Gasteiger partial charge in [0.1, 0.15) is 11.2 Å². The predicted molar refractivity (Wildman–Crippen MR) is 235 cm³/mol. The van der Waals surface area contributed by atoms with E-state index in [9.17, 15) is 0 Å². The first-order chi connectivity index (χ1) is 26.9. The van der Waals surface area contributed by atoms with E-state index in [1.807, 2.05) is 17.4 Å². The molecule has 7 aromatic carbocycles. The minimum atomic E-state index is -0.0903. The molecule has 0 amide bonds. The Hall–Kier alpha value is -6.16. The van der Waals surface area contributed by atoms with Crippen molar-refractivity contribution >= 4 is 81.7 Å². The van der Waals surface area contributed by atoms with Crippen LogP contribution >= 0.6 is 11.3 Å². The van der Waals surface area contributed by atoms with Gasteiger partial charge in [-0.25, -0.2) is 0 Å². The topological polar surface area (TPSA) is 16.4 Å². The first-order valence-corrected chi connectivity index (χ1v) is 20.1. The van der Waals surface area contributed by atoms with Crippen LogP contribution in [0.3, 0.4) is 0 Å². The van der Waals surface area contributed by atoms with E-state index < -0.39 is 0 Å². The molecule has 2 heterocycles. The van der Waals surface area contributed by atoms with E-state index in [4.69, 9.17) is 4.42 Å². The number of hydrogen-bond donors (Lipinski definition) is 0.